The van der Waals surface area contributed by atoms with E-state index in [1.54, 1.807) is 0 Å². The average molecular weight is 214 g/mol. The smallest absolute Gasteiger partial charge is 0.0505 e. The van der Waals surface area contributed by atoms with Crippen LogP contribution in [0.15, 0.2) is 30.3 Å². The summed E-state index contributed by atoms with van der Waals surface area (Å²) in [5.74, 6) is 0.476. The molecule has 0 aliphatic heterocycles. The number of aliphatic hydroxyl groups is 1. The largest absolute Gasteiger partial charge is 0.396 e. The summed E-state index contributed by atoms with van der Waals surface area (Å²) < 4.78 is 0. The van der Waals surface area contributed by atoms with Crippen molar-refractivity contribution in [3.05, 3.63) is 35.9 Å². The number of hydrogen-bond acceptors (Lipinski definition) is 2. The van der Waals surface area contributed by atoms with Gasteiger partial charge in [-0.1, -0.05) is 30.3 Å². The van der Waals surface area contributed by atoms with Crippen molar-refractivity contribution in [2.75, 3.05) is 13.2 Å². The second-order valence-corrected chi connectivity index (χ2v) is 3.89. The van der Waals surface area contributed by atoms with E-state index in [0.717, 1.165) is 6.42 Å². The molecule has 0 amide bonds. The molecule has 1 aromatic carbocycles. The van der Waals surface area contributed by atoms with Crippen LogP contribution in [0.25, 0.3) is 0 Å². The highest BCUT2D eigenvalue weighted by Crippen LogP contribution is 2.58. The Bertz CT molecular complexity index is 285. The number of aliphatic hydroxyl groups excluding tert-OH is 1. The molecule has 2 rings (SSSR count). The van der Waals surface area contributed by atoms with Crippen LogP contribution in [0.1, 0.15) is 17.9 Å². The molecular formula is C11H16ClNO. The van der Waals surface area contributed by atoms with Gasteiger partial charge in [-0.05, 0) is 17.9 Å². The van der Waals surface area contributed by atoms with E-state index in [9.17, 15) is 5.11 Å². The molecule has 0 spiro atoms. The molecule has 1 aliphatic carbocycles. The van der Waals surface area contributed by atoms with Gasteiger partial charge in [-0.15, -0.1) is 12.4 Å². The van der Waals surface area contributed by atoms with Gasteiger partial charge in [0.1, 0.15) is 0 Å². The molecule has 1 aromatic rings. The van der Waals surface area contributed by atoms with Gasteiger partial charge in [0.15, 0.2) is 0 Å². The summed E-state index contributed by atoms with van der Waals surface area (Å²) in [6, 6.07) is 10.3. The Labute approximate surface area is 90.5 Å². The molecule has 0 heterocycles. The molecule has 1 fully saturated rings. The van der Waals surface area contributed by atoms with Crippen molar-refractivity contribution in [1.29, 1.82) is 0 Å². The Morgan fingerprint density at radius 1 is 1.36 bits per heavy atom. The van der Waals surface area contributed by atoms with E-state index in [2.05, 4.69) is 12.1 Å². The Morgan fingerprint density at radius 3 is 2.43 bits per heavy atom. The molecule has 2 nitrogen and oxygen atoms in total. The predicted molar refractivity (Wildman–Crippen MR) is 59.6 cm³/mol. The van der Waals surface area contributed by atoms with E-state index in [-0.39, 0.29) is 24.4 Å². The van der Waals surface area contributed by atoms with Crippen LogP contribution in [-0.4, -0.2) is 18.3 Å². The van der Waals surface area contributed by atoms with Gasteiger partial charge in [0.05, 0.1) is 6.61 Å². The molecule has 2 atom stereocenters. The number of hydrogen-bond donors (Lipinski definition) is 2. The van der Waals surface area contributed by atoms with Gasteiger partial charge >= 0.3 is 0 Å². The van der Waals surface area contributed by atoms with Crippen LogP contribution < -0.4 is 5.73 Å². The quantitative estimate of drug-likeness (QED) is 0.800. The summed E-state index contributed by atoms with van der Waals surface area (Å²) in [5, 5.41) is 9.21. The minimum Gasteiger partial charge on any atom is -0.396 e. The summed E-state index contributed by atoms with van der Waals surface area (Å²) in [5.41, 5.74) is 6.94. The Kier molecular flexibility index (Phi) is 3.53. The SMILES string of the molecule is Cl.NC[C@@]1(CO)C[C@@H]1c1ccccc1. The first-order valence-electron chi connectivity index (χ1n) is 4.68. The average Bonchev–Trinajstić information content (AvgIpc) is 2.95. The van der Waals surface area contributed by atoms with Gasteiger partial charge in [-0.3, -0.25) is 0 Å². The van der Waals surface area contributed by atoms with Crippen molar-refractivity contribution in [3.63, 3.8) is 0 Å². The Morgan fingerprint density at radius 2 is 2.00 bits per heavy atom. The maximum atomic E-state index is 9.21. The molecule has 1 saturated carbocycles. The Balaban J connectivity index is 0.000000980. The molecule has 14 heavy (non-hydrogen) atoms. The van der Waals surface area contributed by atoms with Crippen LogP contribution >= 0.6 is 12.4 Å². The van der Waals surface area contributed by atoms with Crippen LogP contribution in [0.5, 0.6) is 0 Å². The number of rotatable bonds is 3. The van der Waals surface area contributed by atoms with Gasteiger partial charge in [0, 0.05) is 12.0 Å². The summed E-state index contributed by atoms with van der Waals surface area (Å²) >= 11 is 0. The second kappa shape index (κ2) is 4.30. The highest BCUT2D eigenvalue weighted by molar-refractivity contribution is 5.85. The third kappa shape index (κ3) is 1.78. The summed E-state index contributed by atoms with van der Waals surface area (Å²) in [6.07, 6.45) is 1.03. The summed E-state index contributed by atoms with van der Waals surface area (Å²) in [6.45, 7) is 0.798. The fraction of sp³-hybridized carbons (Fsp3) is 0.455. The lowest BCUT2D eigenvalue weighted by Crippen LogP contribution is -2.21. The topological polar surface area (TPSA) is 46.2 Å². The molecule has 0 bridgehead atoms. The highest BCUT2D eigenvalue weighted by atomic mass is 35.5. The standard InChI is InChI=1S/C11H15NO.ClH/c12-7-11(8-13)6-10(11)9-4-2-1-3-5-9;/h1-5,10,13H,6-8,12H2;1H/t10-,11-;/m1./s1. The zero-order chi connectivity index (χ0) is 9.31. The van der Waals surface area contributed by atoms with Gasteiger partial charge in [0.25, 0.3) is 0 Å². The fourth-order valence-corrected chi connectivity index (χ4v) is 1.97. The van der Waals surface area contributed by atoms with E-state index in [1.165, 1.54) is 5.56 Å². The first-order valence-corrected chi connectivity index (χ1v) is 4.68. The van der Waals surface area contributed by atoms with Crippen molar-refractivity contribution >= 4 is 12.4 Å². The van der Waals surface area contributed by atoms with Crippen LogP contribution in [0.3, 0.4) is 0 Å². The van der Waals surface area contributed by atoms with E-state index < -0.39 is 0 Å². The monoisotopic (exact) mass is 213 g/mol. The molecule has 0 radical (unpaired) electrons. The van der Waals surface area contributed by atoms with E-state index in [1.807, 2.05) is 18.2 Å². The highest BCUT2D eigenvalue weighted by Gasteiger charge is 2.53. The minimum absolute atomic E-state index is 0. The van der Waals surface area contributed by atoms with Crippen molar-refractivity contribution < 1.29 is 5.11 Å². The maximum absolute atomic E-state index is 9.21. The molecule has 1 aliphatic rings. The van der Waals surface area contributed by atoms with Crippen molar-refractivity contribution in [2.45, 2.75) is 12.3 Å². The number of halogens is 1. The van der Waals surface area contributed by atoms with Gasteiger partial charge < -0.3 is 10.8 Å². The lowest BCUT2D eigenvalue weighted by atomic mass is 10.0. The summed E-state index contributed by atoms with van der Waals surface area (Å²) in [4.78, 5) is 0. The predicted octanol–water partition coefficient (Wildman–Crippen LogP) is 1.53. The third-order valence-corrected chi connectivity index (χ3v) is 3.11. The van der Waals surface area contributed by atoms with Gasteiger partial charge in [0.2, 0.25) is 0 Å². The molecule has 0 unspecified atom stereocenters. The second-order valence-electron chi connectivity index (χ2n) is 3.89. The van der Waals surface area contributed by atoms with Crippen LogP contribution in [-0.2, 0) is 0 Å². The molecule has 3 N–H and O–H groups in total. The van der Waals surface area contributed by atoms with E-state index in [0.29, 0.717) is 12.5 Å². The molecule has 0 aromatic heterocycles. The number of benzene rings is 1. The Hall–Kier alpha value is -0.570. The lowest BCUT2D eigenvalue weighted by molar-refractivity contribution is 0.211. The zero-order valence-corrected chi connectivity index (χ0v) is 8.83. The van der Waals surface area contributed by atoms with Crippen LogP contribution in [0.4, 0.5) is 0 Å². The van der Waals surface area contributed by atoms with Crippen molar-refractivity contribution in [3.8, 4) is 0 Å². The molecule has 3 heteroatoms. The molecule has 78 valence electrons. The maximum Gasteiger partial charge on any atom is 0.0505 e. The number of nitrogens with two attached hydrogens (primary N) is 1. The van der Waals surface area contributed by atoms with Crippen LogP contribution in [0, 0.1) is 5.41 Å². The van der Waals surface area contributed by atoms with E-state index >= 15 is 0 Å². The third-order valence-electron chi connectivity index (χ3n) is 3.11. The van der Waals surface area contributed by atoms with E-state index in [4.69, 9.17) is 5.73 Å². The van der Waals surface area contributed by atoms with Crippen LogP contribution in [0.2, 0.25) is 0 Å². The molecular weight excluding hydrogens is 198 g/mol. The lowest BCUT2D eigenvalue weighted by Gasteiger charge is -2.10. The van der Waals surface area contributed by atoms with Gasteiger partial charge in [-0.2, -0.15) is 0 Å². The van der Waals surface area contributed by atoms with Crippen molar-refractivity contribution in [2.24, 2.45) is 11.1 Å². The zero-order valence-electron chi connectivity index (χ0n) is 8.02. The molecule has 0 saturated heterocycles. The first kappa shape index (κ1) is 11.5. The van der Waals surface area contributed by atoms with Gasteiger partial charge in [-0.25, -0.2) is 0 Å². The first-order chi connectivity index (χ1) is 6.32. The summed E-state index contributed by atoms with van der Waals surface area (Å²) in [7, 11) is 0. The fourth-order valence-electron chi connectivity index (χ4n) is 1.97. The minimum atomic E-state index is -0.0125. The van der Waals surface area contributed by atoms with Crippen molar-refractivity contribution in [1.82, 2.24) is 0 Å². The normalized spacial score (nSPS) is 29.4.